The van der Waals surface area contributed by atoms with Crippen molar-refractivity contribution in [2.24, 2.45) is 0 Å². The van der Waals surface area contributed by atoms with Crippen LogP contribution in [0, 0.1) is 13.8 Å². The van der Waals surface area contributed by atoms with E-state index in [0.29, 0.717) is 11.1 Å². The van der Waals surface area contributed by atoms with E-state index < -0.39 is 81.4 Å². The van der Waals surface area contributed by atoms with Gasteiger partial charge in [-0.25, -0.2) is 0 Å². The first-order valence-electron chi connectivity index (χ1n) is 25.2. The van der Waals surface area contributed by atoms with Crippen LogP contribution in [0.4, 0.5) is 0 Å². The van der Waals surface area contributed by atoms with Gasteiger partial charge in [-0.05, 0) is 89.8 Å². The average molecular weight is 1160 g/mol. The number of aromatic hydroxyl groups is 1. The molecule has 424 valence electrons. The van der Waals surface area contributed by atoms with Crippen LogP contribution in [0.1, 0.15) is 84.5 Å². The Morgan fingerprint density at radius 3 is 1.55 bits per heavy atom. The summed E-state index contributed by atoms with van der Waals surface area (Å²) in [6.07, 6.45) is 0.405. The topological polar surface area (TPSA) is 280 Å². The summed E-state index contributed by atoms with van der Waals surface area (Å²) >= 11 is 2.87. The van der Waals surface area contributed by atoms with Gasteiger partial charge < -0.3 is 56.2 Å². The van der Waals surface area contributed by atoms with Crippen LogP contribution in [0.3, 0.4) is 0 Å². The number of phenols is 1. The van der Waals surface area contributed by atoms with Crippen molar-refractivity contribution < 1.29 is 115 Å². The Labute approximate surface area is 518 Å². The second-order valence-electron chi connectivity index (χ2n) is 19.7. The van der Waals surface area contributed by atoms with Crippen LogP contribution >= 0.6 is 23.5 Å². The van der Waals surface area contributed by atoms with Crippen molar-refractivity contribution in [3.05, 3.63) is 156 Å². The van der Waals surface area contributed by atoms with Gasteiger partial charge in [-0.2, -0.15) is 0 Å². The fourth-order valence-corrected chi connectivity index (χ4v) is 11.3. The Morgan fingerprint density at radius 2 is 1.09 bits per heavy atom. The van der Waals surface area contributed by atoms with E-state index in [0.717, 1.165) is 11.1 Å². The quantitative estimate of drug-likeness (QED) is 0.0321. The summed E-state index contributed by atoms with van der Waals surface area (Å²) < 4.78 is 9.63. The van der Waals surface area contributed by atoms with Crippen LogP contribution < -0.4 is 77.4 Å². The number of hydrogen-bond acceptors (Lipinski definition) is 15. The van der Waals surface area contributed by atoms with Gasteiger partial charge in [-0.1, -0.05) is 84.9 Å². The molecular weight excluding hydrogens is 1090 g/mol. The third-order valence-electron chi connectivity index (χ3n) is 13.1. The molecule has 6 rings (SSSR count). The largest absolute Gasteiger partial charge is 1.00 e. The Kier molecular flexibility index (Phi) is 26.9. The van der Waals surface area contributed by atoms with E-state index >= 15 is 0 Å². The Hall–Kier alpha value is -5.82. The summed E-state index contributed by atoms with van der Waals surface area (Å²) in [5, 5.41) is 32.5. The summed E-state index contributed by atoms with van der Waals surface area (Å²) in [6.45, 7) is 20.9. The van der Waals surface area contributed by atoms with Crippen molar-refractivity contribution in [3.8, 4) is 11.5 Å². The van der Waals surface area contributed by atoms with Gasteiger partial charge in [0.25, 0.3) is 23.6 Å². The standard InChI is InChI=1S/C31H37N3O7S.C27H33N3O5S.K.H2O/c1-7-16-32-29(38)27-31(5,6)42-18-34(27)30(39)26(41-21(4)36)24(17-22-12-9-8-10-13-22)33-28(37)23-14-11-15-25(19(23)2)40-20(3)35;1-5-14-28-25(34)23-27(3,4)36-16-30(23)26(35)22(32)20(15-18-10-7-6-8-11-18)29-24(33)19-12-9-13-21(31)17(19)2;;/h7-15,24,26-27H,1,16-18H2,2-6H3,(H,32,38)(H,33,37);5-13,20,22-23,31-32H,1,14-16H2,2-4H3,(H,28,34)(H,29,33);;1H2/q;;+1;/p-1/t24-,26-,27?;20-,22-,23?;;/m00../s1. The number of esters is 2. The molecule has 4 aromatic carbocycles. The van der Waals surface area contributed by atoms with E-state index in [-0.39, 0.29) is 129 Å². The number of rotatable bonds is 20. The molecule has 2 fully saturated rings. The summed E-state index contributed by atoms with van der Waals surface area (Å²) in [5.74, 6) is -3.63. The monoisotopic (exact) mass is 1160 g/mol. The molecule has 0 saturated carbocycles. The van der Waals surface area contributed by atoms with Gasteiger partial charge in [0.05, 0.1) is 23.8 Å². The molecule has 2 heterocycles. The van der Waals surface area contributed by atoms with Gasteiger partial charge in [0, 0.05) is 58.7 Å². The minimum Gasteiger partial charge on any atom is -0.870 e. The zero-order valence-corrected chi connectivity index (χ0v) is 51.4. The molecule has 19 nitrogen and oxygen atoms in total. The molecule has 22 heteroatoms. The van der Waals surface area contributed by atoms with Gasteiger partial charge in [-0.3, -0.25) is 38.4 Å². The zero-order chi connectivity index (χ0) is 57.5. The smallest absolute Gasteiger partial charge is 0.870 e. The first-order valence-corrected chi connectivity index (χ1v) is 27.2. The van der Waals surface area contributed by atoms with E-state index in [2.05, 4.69) is 34.4 Å². The fourth-order valence-electron chi connectivity index (χ4n) is 9.05. The molecule has 0 bridgehead atoms. The second kappa shape index (κ2) is 31.4. The normalized spacial score (nSPS) is 17.1. The van der Waals surface area contributed by atoms with Crippen LogP contribution in [-0.4, -0.2) is 144 Å². The van der Waals surface area contributed by atoms with Crippen molar-refractivity contribution in [1.82, 2.24) is 31.1 Å². The molecule has 2 saturated heterocycles. The maximum atomic E-state index is 14.2. The first-order chi connectivity index (χ1) is 36.9. The van der Waals surface area contributed by atoms with E-state index in [1.54, 1.807) is 56.3 Å². The number of amides is 6. The molecule has 2 unspecified atom stereocenters. The molecule has 0 aromatic heterocycles. The summed E-state index contributed by atoms with van der Waals surface area (Å²) in [7, 11) is 0. The summed E-state index contributed by atoms with van der Waals surface area (Å²) in [5.41, 5.74) is 2.89. The number of aliphatic hydroxyl groups is 1. The molecule has 80 heavy (non-hydrogen) atoms. The first kappa shape index (κ1) is 68.4. The third kappa shape index (κ3) is 18.1. The zero-order valence-electron chi connectivity index (χ0n) is 46.6. The molecule has 6 amide bonds. The summed E-state index contributed by atoms with van der Waals surface area (Å²) in [6, 6.07) is 24.1. The molecule has 2 aliphatic rings. The Bertz CT molecular complexity index is 2860. The van der Waals surface area contributed by atoms with Crippen molar-refractivity contribution >= 4 is 70.9 Å². The molecule has 2 aliphatic heterocycles. The molecule has 0 aliphatic carbocycles. The predicted molar refractivity (Wildman–Crippen MR) is 302 cm³/mol. The number of aliphatic hydroxyl groups excluding tert-OH is 1. The fraction of sp³-hybridized carbons (Fsp3) is 0.379. The number of nitrogens with one attached hydrogen (secondary N) is 4. The minimum absolute atomic E-state index is 0. The maximum Gasteiger partial charge on any atom is 1.00 e. The van der Waals surface area contributed by atoms with E-state index in [1.807, 2.05) is 88.4 Å². The number of thioether (sulfide) groups is 2. The third-order valence-corrected chi connectivity index (χ3v) is 15.8. The van der Waals surface area contributed by atoms with Gasteiger partial charge in [0.1, 0.15) is 23.6 Å². The molecular formula is C58H71KN6O13S2. The van der Waals surface area contributed by atoms with Crippen LogP contribution in [0.15, 0.2) is 122 Å². The number of benzene rings is 4. The Morgan fingerprint density at radius 1 is 0.650 bits per heavy atom. The average Bonchev–Trinajstić information content (AvgIpc) is 3.90. The van der Waals surface area contributed by atoms with Crippen molar-refractivity contribution in [1.29, 1.82) is 0 Å². The number of phenolic OH excluding ortho intramolecular Hbond substituents is 1. The van der Waals surface area contributed by atoms with Crippen LogP contribution in [0.5, 0.6) is 11.5 Å². The number of nitrogens with zero attached hydrogens (tertiary/aromatic N) is 2. The number of hydrogen-bond donors (Lipinski definition) is 6. The van der Waals surface area contributed by atoms with Gasteiger partial charge >= 0.3 is 63.3 Å². The predicted octanol–water partition coefficient (Wildman–Crippen LogP) is 2.39. The van der Waals surface area contributed by atoms with Crippen molar-refractivity contribution in [2.45, 2.75) is 114 Å². The number of carbonyl (C=O) groups excluding carboxylic acids is 8. The molecule has 0 radical (unpaired) electrons. The van der Waals surface area contributed by atoms with E-state index in [9.17, 15) is 48.6 Å². The maximum absolute atomic E-state index is 14.2. The summed E-state index contributed by atoms with van der Waals surface area (Å²) in [4.78, 5) is 107. The Balaban J connectivity index is 0.000000414. The van der Waals surface area contributed by atoms with Crippen LogP contribution in [0.25, 0.3) is 0 Å². The minimum atomic E-state index is -1.60. The molecule has 7 N–H and O–H groups in total. The van der Waals surface area contributed by atoms with Gasteiger partial charge in [0.15, 0.2) is 6.10 Å². The molecule has 0 spiro atoms. The van der Waals surface area contributed by atoms with Crippen molar-refractivity contribution in [2.75, 3.05) is 24.8 Å². The SMILES string of the molecule is C=CCNC(=O)C1N(C(=O)[C@@H](O)[C@H](Cc2ccccc2)NC(=O)c2cccc(O)c2C)CSC1(C)C.C=CCNC(=O)C1N(C(=O)[C@@H](OC(C)=O)[C@H](Cc2ccccc2)NC(=O)c2cccc(OC(C)=O)c2C)CSC1(C)C.[K+].[OH-]. The number of ether oxygens (including phenoxy) is 2. The molecule has 6 atom stereocenters. The molecule has 4 aromatic rings. The van der Waals surface area contributed by atoms with E-state index in [1.165, 1.54) is 53.2 Å². The van der Waals surface area contributed by atoms with Crippen LogP contribution in [0.2, 0.25) is 0 Å². The van der Waals surface area contributed by atoms with Crippen LogP contribution in [-0.2, 0) is 46.3 Å². The van der Waals surface area contributed by atoms with Gasteiger partial charge in [-0.15, -0.1) is 36.7 Å². The van der Waals surface area contributed by atoms with Crippen molar-refractivity contribution in [3.63, 3.8) is 0 Å². The number of carbonyl (C=O) groups is 8. The van der Waals surface area contributed by atoms with Gasteiger partial charge in [0.2, 0.25) is 17.9 Å². The van der Waals surface area contributed by atoms with E-state index in [4.69, 9.17) is 9.47 Å². The second-order valence-corrected chi connectivity index (χ2v) is 22.9.